The molecular formula is C45H67N5O9. The van der Waals surface area contributed by atoms with E-state index in [9.17, 15) is 29.1 Å². The van der Waals surface area contributed by atoms with Crippen LogP contribution in [-0.4, -0.2) is 96.2 Å². The number of alkyl carbamates (subject to hydrolysis) is 2. The third-order valence-electron chi connectivity index (χ3n) is 9.79. The van der Waals surface area contributed by atoms with Crippen LogP contribution in [0.25, 0.3) is 0 Å². The summed E-state index contributed by atoms with van der Waals surface area (Å²) in [6.07, 6.45) is 3.87. The van der Waals surface area contributed by atoms with Crippen LogP contribution < -0.4 is 21.3 Å². The van der Waals surface area contributed by atoms with Crippen LogP contribution >= 0.6 is 0 Å². The molecule has 1 fully saturated rings. The molecule has 14 nitrogen and oxygen atoms in total. The first kappa shape index (κ1) is 48.4. The molecule has 59 heavy (non-hydrogen) atoms. The molecule has 2 aromatic rings. The minimum absolute atomic E-state index is 0.127. The average molecular weight is 822 g/mol. The second-order valence-electron chi connectivity index (χ2n) is 16.9. The van der Waals surface area contributed by atoms with Crippen LogP contribution in [0.2, 0.25) is 0 Å². The molecule has 326 valence electrons. The van der Waals surface area contributed by atoms with E-state index < -0.39 is 66.0 Å². The summed E-state index contributed by atoms with van der Waals surface area (Å²) in [5, 5.41) is 21.9. The van der Waals surface area contributed by atoms with Crippen molar-refractivity contribution in [3.05, 3.63) is 83.9 Å². The highest BCUT2D eigenvalue weighted by Crippen LogP contribution is 2.24. The number of benzene rings is 2. The van der Waals surface area contributed by atoms with Gasteiger partial charge >= 0.3 is 12.2 Å². The minimum atomic E-state index is -1.34. The van der Waals surface area contributed by atoms with Gasteiger partial charge in [-0.05, 0) is 82.3 Å². The third kappa shape index (κ3) is 17.4. The fraction of sp³-hybridized carbons (Fsp3) is 0.578. The highest BCUT2D eigenvalue weighted by molar-refractivity contribution is 5.93. The minimum Gasteiger partial charge on any atom is -0.445 e. The molecule has 14 heteroatoms. The summed E-state index contributed by atoms with van der Waals surface area (Å²) < 4.78 is 15.9. The zero-order valence-corrected chi connectivity index (χ0v) is 36.1. The van der Waals surface area contributed by atoms with E-state index in [1.165, 1.54) is 7.11 Å². The Hall–Kier alpha value is -4.95. The van der Waals surface area contributed by atoms with Crippen LogP contribution in [0, 0.1) is 17.8 Å². The fourth-order valence-electron chi connectivity index (χ4n) is 6.84. The number of ether oxygens (including phenoxy) is 3. The summed E-state index contributed by atoms with van der Waals surface area (Å²) in [6, 6.07) is 15.9. The molecule has 6 atom stereocenters. The average Bonchev–Trinajstić information content (AvgIpc) is 3.68. The van der Waals surface area contributed by atoms with Crippen molar-refractivity contribution >= 4 is 29.9 Å². The van der Waals surface area contributed by atoms with Crippen molar-refractivity contribution in [2.45, 2.75) is 130 Å². The van der Waals surface area contributed by atoms with E-state index in [1.807, 2.05) is 72.8 Å². The Bertz CT molecular complexity index is 1650. The quantitative estimate of drug-likeness (QED) is 0.0605. The predicted octanol–water partition coefficient (Wildman–Crippen LogP) is 5.63. The monoisotopic (exact) mass is 821 g/mol. The molecule has 1 aliphatic rings. The van der Waals surface area contributed by atoms with E-state index in [0.717, 1.165) is 11.1 Å². The number of amides is 5. The summed E-state index contributed by atoms with van der Waals surface area (Å²) in [7, 11) is 1.32. The zero-order valence-electron chi connectivity index (χ0n) is 36.1. The Morgan fingerprint density at radius 1 is 0.881 bits per heavy atom. The van der Waals surface area contributed by atoms with Gasteiger partial charge in [0.25, 0.3) is 0 Å². The Labute approximate surface area is 350 Å². The summed E-state index contributed by atoms with van der Waals surface area (Å²) in [5.74, 6) is -1.92. The van der Waals surface area contributed by atoms with Gasteiger partial charge < -0.3 is 45.5 Å². The summed E-state index contributed by atoms with van der Waals surface area (Å²) in [5.41, 5.74) is 1.13. The number of rotatable bonds is 21. The van der Waals surface area contributed by atoms with Gasteiger partial charge in [0.15, 0.2) is 6.29 Å². The van der Waals surface area contributed by atoms with E-state index >= 15 is 0 Å². The second kappa shape index (κ2) is 24.2. The molecule has 0 radical (unpaired) electrons. The van der Waals surface area contributed by atoms with Crippen molar-refractivity contribution in [1.29, 1.82) is 0 Å². The molecule has 1 saturated heterocycles. The number of methoxy groups -OCH3 is 1. The lowest BCUT2D eigenvalue weighted by atomic mass is 9.94. The Morgan fingerprint density at radius 3 is 2.12 bits per heavy atom. The number of carbonyl (C=O) groups is 5. The van der Waals surface area contributed by atoms with Crippen molar-refractivity contribution < 1.29 is 43.3 Å². The van der Waals surface area contributed by atoms with Gasteiger partial charge in [-0.15, -0.1) is 0 Å². The fourth-order valence-corrected chi connectivity index (χ4v) is 6.84. The first-order valence-electron chi connectivity index (χ1n) is 20.8. The first-order chi connectivity index (χ1) is 28.0. The maximum absolute atomic E-state index is 14.4. The summed E-state index contributed by atoms with van der Waals surface area (Å²) >= 11 is 0. The van der Waals surface area contributed by atoms with Crippen LogP contribution in [0.5, 0.6) is 0 Å². The van der Waals surface area contributed by atoms with Crippen molar-refractivity contribution in [3.8, 4) is 0 Å². The molecule has 2 aromatic carbocycles. The van der Waals surface area contributed by atoms with Crippen molar-refractivity contribution in [3.63, 3.8) is 0 Å². The van der Waals surface area contributed by atoms with Crippen LogP contribution in [0.1, 0.15) is 91.7 Å². The highest BCUT2D eigenvalue weighted by atomic mass is 16.6. The topological polar surface area (TPSA) is 185 Å². The number of nitrogens with one attached hydrogen (secondary N) is 4. The molecule has 5 N–H and O–H groups in total. The third-order valence-corrected chi connectivity index (χ3v) is 9.79. The highest BCUT2D eigenvalue weighted by Gasteiger charge is 2.39. The largest absolute Gasteiger partial charge is 0.445 e. The molecular weight excluding hydrogens is 755 g/mol. The van der Waals surface area contributed by atoms with E-state index in [4.69, 9.17) is 14.2 Å². The first-order valence-corrected chi connectivity index (χ1v) is 20.8. The SMILES string of the molecule is CO[C@H](O)[C@H](CCCNC(=O)OCc1ccccc1)NC(=O)[C@@H](NC(=O)C1CCCN1C(=O)[C@H](/C=C/C(CC(C)C)NC(=O)OC(C)(C)C)Cc1ccccc1)C(C)C. The molecule has 1 heterocycles. The van der Waals surface area contributed by atoms with Gasteiger partial charge in [-0.2, -0.15) is 0 Å². The molecule has 0 saturated carbocycles. The molecule has 3 rings (SSSR count). The summed E-state index contributed by atoms with van der Waals surface area (Å²) in [4.78, 5) is 68.6. The Balaban J connectivity index is 1.69. The van der Waals surface area contributed by atoms with Gasteiger partial charge in [0, 0.05) is 20.2 Å². The maximum Gasteiger partial charge on any atom is 0.408 e. The van der Waals surface area contributed by atoms with E-state index in [-0.39, 0.29) is 37.3 Å². The molecule has 5 amide bonds. The van der Waals surface area contributed by atoms with E-state index in [1.54, 1.807) is 39.5 Å². The number of nitrogens with zero attached hydrogens (tertiary/aromatic N) is 1. The molecule has 0 aromatic heterocycles. The van der Waals surface area contributed by atoms with Crippen LogP contribution in [-0.2, 0) is 41.6 Å². The van der Waals surface area contributed by atoms with Crippen LogP contribution in [0.3, 0.4) is 0 Å². The zero-order chi connectivity index (χ0) is 43.5. The van der Waals surface area contributed by atoms with Gasteiger partial charge in [0.2, 0.25) is 17.7 Å². The van der Waals surface area contributed by atoms with Crippen molar-refractivity contribution in [1.82, 2.24) is 26.2 Å². The lowest BCUT2D eigenvalue weighted by Crippen LogP contribution is -2.57. The van der Waals surface area contributed by atoms with Gasteiger partial charge in [-0.25, -0.2) is 9.59 Å². The lowest BCUT2D eigenvalue weighted by Gasteiger charge is -2.31. The van der Waals surface area contributed by atoms with E-state index in [2.05, 4.69) is 35.1 Å². The number of likely N-dealkylation sites (tertiary alicyclic amines) is 1. The summed E-state index contributed by atoms with van der Waals surface area (Å²) in [6.45, 7) is 13.8. The number of aliphatic hydroxyl groups excluding tert-OH is 1. The lowest BCUT2D eigenvalue weighted by molar-refractivity contribution is -0.142. The van der Waals surface area contributed by atoms with Crippen LogP contribution in [0.15, 0.2) is 72.8 Å². The number of hydrogen-bond acceptors (Lipinski definition) is 9. The molecule has 2 unspecified atom stereocenters. The number of aliphatic hydroxyl groups is 1. The Morgan fingerprint density at radius 2 is 1.53 bits per heavy atom. The molecule has 0 bridgehead atoms. The predicted molar refractivity (Wildman–Crippen MR) is 226 cm³/mol. The number of hydrogen-bond donors (Lipinski definition) is 5. The normalized spacial score (nSPS) is 16.9. The van der Waals surface area contributed by atoms with Gasteiger partial charge in [0.1, 0.15) is 24.3 Å². The van der Waals surface area contributed by atoms with Crippen molar-refractivity contribution in [2.75, 3.05) is 20.2 Å². The van der Waals surface area contributed by atoms with Gasteiger partial charge in [0.05, 0.1) is 18.0 Å². The van der Waals surface area contributed by atoms with Gasteiger partial charge in [-0.1, -0.05) is 101 Å². The van der Waals surface area contributed by atoms with Crippen molar-refractivity contribution in [2.24, 2.45) is 17.8 Å². The van der Waals surface area contributed by atoms with Gasteiger partial charge in [-0.3, -0.25) is 14.4 Å². The molecule has 1 aliphatic heterocycles. The smallest absolute Gasteiger partial charge is 0.408 e. The molecule has 0 spiro atoms. The number of carbonyl (C=O) groups excluding carboxylic acids is 5. The standard InChI is InChI=1S/C45H67N5O9/c1-30(2)27-35(47-44(56)59-45(5,6)7)24-23-34(28-32-17-11-9-12-18-32)41(53)50-26-16-22-37(50)39(51)49-38(31(3)4)40(52)48-36(42(54)57-8)21-15-25-46-43(55)58-29-33-19-13-10-14-20-33/h9-14,17-20,23-24,30-31,34-38,42,54H,15-16,21-22,25-29H2,1-8H3,(H,46,55)(H,47,56)(H,48,52)(H,49,51)/b24-23+/t34-,35?,36+,37?,38+,42+/m1/s1. The molecule has 0 aliphatic carbocycles. The maximum atomic E-state index is 14.4. The Kier molecular flexibility index (Phi) is 19.9. The van der Waals surface area contributed by atoms with E-state index in [0.29, 0.717) is 38.6 Å². The van der Waals surface area contributed by atoms with Crippen LogP contribution in [0.4, 0.5) is 9.59 Å². The second-order valence-corrected chi connectivity index (χ2v) is 16.9.